The zero-order valence-electron chi connectivity index (χ0n) is 8.17. The maximum atomic E-state index is 5.65. The van der Waals surface area contributed by atoms with Crippen molar-refractivity contribution in [3.63, 3.8) is 0 Å². The molecule has 0 aliphatic heterocycles. The van der Waals surface area contributed by atoms with Crippen molar-refractivity contribution in [2.45, 2.75) is 13.3 Å². The van der Waals surface area contributed by atoms with Gasteiger partial charge < -0.3 is 4.74 Å². The molecule has 0 radical (unpaired) electrons. The van der Waals surface area contributed by atoms with Gasteiger partial charge in [0.05, 0.1) is 6.61 Å². The second-order valence-electron chi connectivity index (χ2n) is 3.19. The van der Waals surface area contributed by atoms with Crippen molar-refractivity contribution >= 4 is 31.9 Å². The number of hydrogen-bond acceptors (Lipinski definition) is 1. The normalized spacial score (nSPS) is 12.5. The fraction of sp³-hybridized carbons (Fsp3) is 0.455. The SMILES string of the molecule is CCC(CBr)COc1ccc(Br)cc1. The molecule has 1 atom stereocenters. The molecule has 3 heteroatoms. The fourth-order valence-corrected chi connectivity index (χ4v) is 1.93. The van der Waals surface area contributed by atoms with Crippen LogP contribution in [0.15, 0.2) is 28.7 Å². The second-order valence-corrected chi connectivity index (χ2v) is 4.76. The molecule has 0 aromatic heterocycles. The van der Waals surface area contributed by atoms with Crippen molar-refractivity contribution in [2.75, 3.05) is 11.9 Å². The summed E-state index contributed by atoms with van der Waals surface area (Å²) in [6.07, 6.45) is 1.14. The van der Waals surface area contributed by atoms with E-state index in [1.165, 1.54) is 0 Å². The van der Waals surface area contributed by atoms with Crippen LogP contribution < -0.4 is 4.74 Å². The summed E-state index contributed by atoms with van der Waals surface area (Å²) in [5.74, 6) is 1.53. The van der Waals surface area contributed by atoms with Crippen molar-refractivity contribution in [1.82, 2.24) is 0 Å². The third kappa shape index (κ3) is 4.01. The molecule has 0 N–H and O–H groups in total. The van der Waals surface area contributed by atoms with E-state index in [1.54, 1.807) is 0 Å². The van der Waals surface area contributed by atoms with Gasteiger partial charge in [0, 0.05) is 15.7 Å². The van der Waals surface area contributed by atoms with Gasteiger partial charge in [0.15, 0.2) is 0 Å². The molecular formula is C11H14Br2O. The van der Waals surface area contributed by atoms with Crippen LogP contribution in [-0.2, 0) is 0 Å². The van der Waals surface area contributed by atoms with E-state index < -0.39 is 0 Å². The molecule has 78 valence electrons. The molecule has 0 spiro atoms. The van der Waals surface area contributed by atoms with Gasteiger partial charge in [0.2, 0.25) is 0 Å². The molecule has 0 heterocycles. The summed E-state index contributed by atoms with van der Waals surface area (Å²) in [5.41, 5.74) is 0. The predicted molar refractivity (Wildman–Crippen MR) is 67.2 cm³/mol. The topological polar surface area (TPSA) is 9.23 Å². The van der Waals surface area contributed by atoms with Crippen LogP contribution in [0.3, 0.4) is 0 Å². The largest absolute Gasteiger partial charge is 0.493 e. The average Bonchev–Trinajstić information content (AvgIpc) is 2.22. The summed E-state index contributed by atoms with van der Waals surface area (Å²) >= 11 is 6.86. The van der Waals surface area contributed by atoms with Gasteiger partial charge in [0.1, 0.15) is 5.75 Å². The van der Waals surface area contributed by atoms with Crippen molar-refractivity contribution in [1.29, 1.82) is 0 Å². The third-order valence-electron chi connectivity index (χ3n) is 2.09. The number of halogens is 2. The van der Waals surface area contributed by atoms with E-state index in [0.717, 1.165) is 28.6 Å². The van der Waals surface area contributed by atoms with Crippen LogP contribution in [0, 0.1) is 5.92 Å². The Morgan fingerprint density at radius 2 is 1.93 bits per heavy atom. The Kier molecular flexibility index (Phi) is 5.56. The lowest BCUT2D eigenvalue weighted by Gasteiger charge is -2.12. The molecule has 0 bridgehead atoms. The van der Waals surface area contributed by atoms with Crippen LogP contribution in [0.5, 0.6) is 5.75 Å². The molecular weight excluding hydrogens is 308 g/mol. The van der Waals surface area contributed by atoms with Gasteiger partial charge in [-0.25, -0.2) is 0 Å². The summed E-state index contributed by atoms with van der Waals surface area (Å²) in [5, 5.41) is 1.00. The maximum Gasteiger partial charge on any atom is 0.119 e. The Labute approximate surface area is 102 Å². The lowest BCUT2D eigenvalue weighted by molar-refractivity contribution is 0.260. The van der Waals surface area contributed by atoms with Crippen LogP contribution in [-0.4, -0.2) is 11.9 Å². The van der Waals surface area contributed by atoms with Gasteiger partial charge in [-0.05, 0) is 30.7 Å². The van der Waals surface area contributed by atoms with Gasteiger partial charge in [-0.2, -0.15) is 0 Å². The maximum absolute atomic E-state index is 5.65. The first-order valence-electron chi connectivity index (χ1n) is 4.70. The zero-order valence-corrected chi connectivity index (χ0v) is 11.3. The minimum atomic E-state index is 0.596. The number of ether oxygens (including phenoxy) is 1. The number of benzene rings is 1. The molecule has 14 heavy (non-hydrogen) atoms. The lowest BCUT2D eigenvalue weighted by atomic mass is 10.1. The molecule has 1 rings (SSSR count). The fourth-order valence-electron chi connectivity index (χ4n) is 1.02. The molecule has 0 aliphatic rings. The lowest BCUT2D eigenvalue weighted by Crippen LogP contribution is -2.12. The molecule has 1 nitrogen and oxygen atoms in total. The molecule has 0 aliphatic carbocycles. The number of rotatable bonds is 5. The summed E-state index contributed by atoms with van der Waals surface area (Å²) in [6.45, 7) is 2.96. The highest BCUT2D eigenvalue weighted by atomic mass is 79.9. The first-order chi connectivity index (χ1) is 6.76. The van der Waals surface area contributed by atoms with Crippen molar-refractivity contribution < 1.29 is 4.74 Å². The van der Waals surface area contributed by atoms with Crippen molar-refractivity contribution in [3.8, 4) is 5.75 Å². The Balaban J connectivity index is 2.41. The van der Waals surface area contributed by atoms with Gasteiger partial charge in [-0.1, -0.05) is 38.8 Å². The van der Waals surface area contributed by atoms with Crippen LogP contribution in [0.25, 0.3) is 0 Å². The molecule has 0 amide bonds. The van der Waals surface area contributed by atoms with Gasteiger partial charge in [0.25, 0.3) is 0 Å². The second kappa shape index (κ2) is 6.46. The van der Waals surface area contributed by atoms with Gasteiger partial charge >= 0.3 is 0 Å². The standard InChI is InChI=1S/C11H14Br2O/c1-2-9(7-12)8-14-11-5-3-10(13)4-6-11/h3-6,9H,2,7-8H2,1H3. The zero-order chi connectivity index (χ0) is 10.4. The minimum absolute atomic E-state index is 0.596. The van der Waals surface area contributed by atoms with E-state index in [1.807, 2.05) is 24.3 Å². The third-order valence-corrected chi connectivity index (χ3v) is 3.54. The average molecular weight is 322 g/mol. The van der Waals surface area contributed by atoms with Gasteiger partial charge in [-0.15, -0.1) is 0 Å². The van der Waals surface area contributed by atoms with E-state index >= 15 is 0 Å². The summed E-state index contributed by atoms with van der Waals surface area (Å²) < 4.78 is 6.73. The van der Waals surface area contributed by atoms with E-state index in [4.69, 9.17) is 4.74 Å². The van der Waals surface area contributed by atoms with E-state index in [0.29, 0.717) is 5.92 Å². The summed E-state index contributed by atoms with van der Waals surface area (Å²) in [4.78, 5) is 0. The highest BCUT2D eigenvalue weighted by molar-refractivity contribution is 9.10. The molecule has 1 aromatic carbocycles. The Morgan fingerprint density at radius 3 is 2.43 bits per heavy atom. The Hall–Kier alpha value is -0.0200. The predicted octanol–water partition coefficient (Wildman–Crippen LogP) is 4.25. The molecule has 1 unspecified atom stereocenters. The van der Waals surface area contributed by atoms with Crippen molar-refractivity contribution in [3.05, 3.63) is 28.7 Å². The van der Waals surface area contributed by atoms with E-state index in [9.17, 15) is 0 Å². The van der Waals surface area contributed by atoms with E-state index in [-0.39, 0.29) is 0 Å². The van der Waals surface area contributed by atoms with E-state index in [2.05, 4.69) is 38.8 Å². The Bertz CT molecular complexity index is 254. The highest BCUT2D eigenvalue weighted by Crippen LogP contribution is 2.17. The summed E-state index contributed by atoms with van der Waals surface area (Å²) in [7, 11) is 0. The molecule has 0 saturated carbocycles. The molecule has 0 fully saturated rings. The van der Waals surface area contributed by atoms with Gasteiger partial charge in [-0.3, -0.25) is 0 Å². The quantitative estimate of drug-likeness (QED) is 0.737. The molecule has 1 aromatic rings. The van der Waals surface area contributed by atoms with Crippen LogP contribution in [0.2, 0.25) is 0 Å². The molecule has 0 saturated heterocycles. The van der Waals surface area contributed by atoms with Crippen LogP contribution >= 0.6 is 31.9 Å². The number of alkyl halides is 1. The van der Waals surface area contributed by atoms with Crippen molar-refractivity contribution in [2.24, 2.45) is 5.92 Å². The van der Waals surface area contributed by atoms with Crippen LogP contribution in [0.4, 0.5) is 0 Å². The number of hydrogen-bond donors (Lipinski definition) is 0. The monoisotopic (exact) mass is 320 g/mol. The summed E-state index contributed by atoms with van der Waals surface area (Å²) in [6, 6.07) is 7.94. The highest BCUT2D eigenvalue weighted by Gasteiger charge is 2.04. The minimum Gasteiger partial charge on any atom is -0.493 e. The van der Waals surface area contributed by atoms with Crippen LogP contribution in [0.1, 0.15) is 13.3 Å². The first kappa shape index (κ1) is 12.1. The smallest absolute Gasteiger partial charge is 0.119 e. The Morgan fingerprint density at radius 1 is 1.29 bits per heavy atom. The first-order valence-corrected chi connectivity index (χ1v) is 6.62.